The quantitative estimate of drug-likeness (QED) is 0.855. The highest BCUT2D eigenvalue weighted by atomic mass is 35.5. The van der Waals surface area contributed by atoms with E-state index in [1.54, 1.807) is 6.07 Å². The van der Waals surface area contributed by atoms with Crippen molar-refractivity contribution in [2.75, 3.05) is 0 Å². The highest BCUT2D eigenvalue weighted by Crippen LogP contribution is 2.24. The van der Waals surface area contributed by atoms with Crippen LogP contribution in [0.5, 0.6) is 0 Å². The fourth-order valence-electron chi connectivity index (χ4n) is 1.87. The van der Waals surface area contributed by atoms with Gasteiger partial charge < -0.3 is 5.11 Å². The first-order valence-corrected chi connectivity index (χ1v) is 7.81. The summed E-state index contributed by atoms with van der Waals surface area (Å²) in [6, 6.07) is 13.9. The van der Waals surface area contributed by atoms with E-state index in [0.29, 0.717) is 12.2 Å². The van der Waals surface area contributed by atoms with Gasteiger partial charge in [0.15, 0.2) is 0 Å². The van der Waals surface area contributed by atoms with Crippen LogP contribution in [0.3, 0.4) is 0 Å². The number of carboxylic acid groups (broad SMARTS) is 1. The molecule has 1 atom stereocenters. The molecule has 2 rings (SSSR count). The van der Waals surface area contributed by atoms with Crippen molar-refractivity contribution in [3.63, 3.8) is 0 Å². The summed E-state index contributed by atoms with van der Waals surface area (Å²) < 4.78 is 13.1. The molecule has 0 bridgehead atoms. The molecular formula is C16H14ClFO2S. The summed E-state index contributed by atoms with van der Waals surface area (Å²) in [4.78, 5) is 11.3. The number of carbonyl (C=O) groups is 1. The van der Waals surface area contributed by atoms with Crippen LogP contribution in [0.2, 0.25) is 5.02 Å². The maximum absolute atomic E-state index is 13.1. The van der Waals surface area contributed by atoms with Crippen LogP contribution in [0.4, 0.5) is 4.39 Å². The molecular weight excluding hydrogens is 311 g/mol. The second-order valence-electron chi connectivity index (χ2n) is 4.58. The maximum Gasteiger partial charge on any atom is 0.316 e. The fraction of sp³-hybridized carbons (Fsp3) is 0.188. The third kappa shape index (κ3) is 4.76. The minimum Gasteiger partial charge on any atom is -0.480 e. The molecule has 0 amide bonds. The Morgan fingerprint density at radius 3 is 2.52 bits per heavy atom. The molecule has 21 heavy (non-hydrogen) atoms. The molecule has 2 aromatic rings. The number of aliphatic carboxylic acids is 1. The average molecular weight is 325 g/mol. The molecule has 0 radical (unpaired) electrons. The fourth-order valence-corrected chi connectivity index (χ4v) is 3.10. The van der Waals surface area contributed by atoms with Crippen molar-refractivity contribution in [1.29, 1.82) is 0 Å². The van der Waals surface area contributed by atoms with E-state index in [9.17, 15) is 14.3 Å². The Bertz CT molecular complexity index is 619. The van der Waals surface area contributed by atoms with E-state index >= 15 is 0 Å². The van der Waals surface area contributed by atoms with Gasteiger partial charge in [0.1, 0.15) is 11.1 Å². The molecule has 0 aliphatic carbocycles. The number of carboxylic acids is 1. The first-order chi connectivity index (χ1) is 10.1. The molecule has 1 unspecified atom stereocenters. The molecule has 0 saturated heterocycles. The zero-order valence-electron chi connectivity index (χ0n) is 11.1. The Balaban J connectivity index is 2.00. The van der Waals surface area contributed by atoms with Crippen molar-refractivity contribution >= 4 is 29.3 Å². The number of thioether (sulfide) groups is 1. The van der Waals surface area contributed by atoms with Gasteiger partial charge in [-0.05, 0) is 29.7 Å². The van der Waals surface area contributed by atoms with Gasteiger partial charge in [-0.2, -0.15) is 0 Å². The van der Waals surface area contributed by atoms with Gasteiger partial charge in [0.2, 0.25) is 0 Å². The average Bonchev–Trinajstić information content (AvgIpc) is 2.47. The van der Waals surface area contributed by atoms with E-state index in [-0.39, 0.29) is 5.02 Å². The molecule has 0 spiro atoms. The molecule has 0 aliphatic heterocycles. The number of hydrogen-bond acceptors (Lipinski definition) is 2. The Morgan fingerprint density at radius 1 is 1.19 bits per heavy atom. The minimum atomic E-state index is -0.850. The van der Waals surface area contributed by atoms with Crippen molar-refractivity contribution in [1.82, 2.24) is 0 Å². The topological polar surface area (TPSA) is 37.3 Å². The van der Waals surface area contributed by atoms with Gasteiger partial charge in [-0.3, -0.25) is 4.79 Å². The monoisotopic (exact) mass is 324 g/mol. The number of rotatable bonds is 6. The predicted molar refractivity (Wildman–Crippen MR) is 84.3 cm³/mol. The zero-order valence-corrected chi connectivity index (χ0v) is 12.7. The number of hydrogen-bond donors (Lipinski definition) is 1. The normalized spacial score (nSPS) is 12.1. The van der Waals surface area contributed by atoms with E-state index in [4.69, 9.17) is 11.6 Å². The van der Waals surface area contributed by atoms with E-state index in [1.807, 2.05) is 30.3 Å². The number of benzene rings is 2. The first-order valence-electron chi connectivity index (χ1n) is 6.38. The van der Waals surface area contributed by atoms with Gasteiger partial charge >= 0.3 is 5.97 Å². The highest BCUT2D eigenvalue weighted by Gasteiger charge is 2.18. The van der Waals surface area contributed by atoms with E-state index in [2.05, 4.69) is 0 Å². The van der Waals surface area contributed by atoms with Crippen LogP contribution in [0.25, 0.3) is 0 Å². The van der Waals surface area contributed by atoms with Crippen LogP contribution in [0, 0.1) is 5.82 Å². The lowest BCUT2D eigenvalue weighted by molar-refractivity contribution is -0.136. The molecule has 0 aliphatic rings. The largest absolute Gasteiger partial charge is 0.480 e. The molecule has 0 heterocycles. The van der Waals surface area contributed by atoms with E-state index in [1.165, 1.54) is 23.9 Å². The van der Waals surface area contributed by atoms with Crippen molar-refractivity contribution in [3.8, 4) is 0 Å². The van der Waals surface area contributed by atoms with Crippen LogP contribution >= 0.6 is 23.4 Å². The molecule has 1 N–H and O–H groups in total. The van der Waals surface area contributed by atoms with Crippen LogP contribution in [0.1, 0.15) is 11.1 Å². The van der Waals surface area contributed by atoms with Crippen molar-refractivity contribution in [3.05, 3.63) is 70.5 Å². The van der Waals surface area contributed by atoms with Gasteiger partial charge in [-0.25, -0.2) is 4.39 Å². The van der Waals surface area contributed by atoms with Crippen LogP contribution in [0.15, 0.2) is 48.5 Å². The summed E-state index contributed by atoms with van der Waals surface area (Å²) in [6.45, 7) is 0. The summed E-state index contributed by atoms with van der Waals surface area (Å²) in [5.41, 5.74) is 1.79. The van der Waals surface area contributed by atoms with Crippen molar-refractivity contribution in [2.45, 2.75) is 17.4 Å². The van der Waals surface area contributed by atoms with E-state index < -0.39 is 17.0 Å². The second-order valence-corrected chi connectivity index (χ2v) is 6.17. The second kappa shape index (κ2) is 7.48. The van der Waals surface area contributed by atoms with Gasteiger partial charge in [0, 0.05) is 5.75 Å². The Hall–Kier alpha value is -1.52. The standard InChI is InChI=1S/C16H14ClFO2S/c17-13-8-12(6-7-14(13)18)10-21-15(16(19)20)9-11-4-2-1-3-5-11/h1-8,15H,9-10H2,(H,19,20). The SMILES string of the molecule is O=C(O)C(Cc1ccccc1)SCc1ccc(F)c(Cl)c1. The lowest BCUT2D eigenvalue weighted by atomic mass is 10.1. The number of halogens is 2. The maximum atomic E-state index is 13.1. The Labute approximate surface area is 131 Å². The molecule has 110 valence electrons. The summed E-state index contributed by atoms with van der Waals surface area (Å²) in [7, 11) is 0. The third-order valence-electron chi connectivity index (χ3n) is 2.97. The molecule has 5 heteroatoms. The Morgan fingerprint density at radius 2 is 1.90 bits per heavy atom. The molecule has 2 nitrogen and oxygen atoms in total. The first kappa shape index (κ1) is 15.9. The van der Waals surface area contributed by atoms with E-state index in [0.717, 1.165) is 11.1 Å². The van der Waals surface area contributed by atoms with Gasteiger partial charge in [0.25, 0.3) is 0 Å². The molecule has 0 saturated carbocycles. The van der Waals surface area contributed by atoms with Crippen molar-refractivity contribution in [2.24, 2.45) is 0 Å². The Kier molecular flexibility index (Phi) is 5.65. The smallest absolute Gasteiger partial charge is 0.316 e. The zero-order chi connectivity index (χ0) is 15.2. The molecule has 2 aromatic carbocycles. The van der Waals surface area contributed by atoms with Gasteiger partial charge in [0.05, 0.1) is 5.02 Å². The predicted octanol–water partition coefficient (Wildman–Crippen LogP) is 4.41. The van der Waals surface area contributed by atoms with Crippen molar-refractivity contribution < 1.29 is 14.3 Å². The summed E-state index contributed by atoms with van der Waals surface area (Å²) in [6.07, 6.45) is 0.454. The van der Waals surface area contributed by atoms with Gasteiger partial charge in [-0.1, -0.05) is 48.0 Å². The lowest BCUT2D eigenvalue weighted by Crippen LogP contribution is -2.19. The van der Waals surface area contributed by atoms with Gasteiger partial charge in [-0.15, -0.1) is 11.8 Å². The third-order valence-corrected chi connectivity index (χ3v) is 4.53. The highest BCUT2D eigenvalue weighted by molar-refractivity contribution is 7.99. The minimum absolute atomic E-state index is 0.0584. The lowest BCUT2D eigenvalue weighted by Gasteiger charge is -2.12. The van der Waals surface area contributed by atoms with Crippen LogP contribution < -0.4 is 0 Å². The summed E-state index contributed by atoms with van der Waals surface area (Å²) in [5, 5.41) is 8.82. The summed E-state index contributed by atoms with van der Waals surface area (Å²) >= 11 is 7.03. The summed E-state index contributed by atoms with van der Waals surface area (Å²) in [5.74, 6) is -0.842. The molecule has 0 aromatic heterocycles. The van der Waals surface area contributed by atoms with Crippen LogP contribution in [-0.4, -0.2) is 16.3 Å². The molecule has 0 fully saturated rings. The van der Waals surface area contributed by atoms with Crippen LogP contribution in [-0.2, 0) is 17.0 Å².